The standard InChI is InChI=1S/C17H12ClNO2/c18-14-8-4-3-7-12(14)13-9-10-5-1-2-6-11(10)15(16(13)20)17(19)21/h1-9,20H,(H2,19,21). The second-order valence-corrected chi connectivity index (χ2v) is 5.12. The number of benzene rings is 3. The van der Waals surface area contributed by atoms with Gasteiger partial charge in [0.2, 0.25) is 0 Å². The Kier molecular flexibility index (Phi) is 3.28. The van der Waals surface area contributed by atoms with E-state index >= 15 is 0 Å². The number of phenols is 1. The van der Waals surface area contributed by atoms with E-state index in [2.05, 4.69) is 0 Å². The predicted molar refractivity (Wildman–Crippen MR) is 84.6 cm³/mol. The van der Waals surface area contributed by atoms with Crippen molar-refractivity contribution in [2.24, 2.45) is 5.73 Å². The first-order chi connectivity index (χ1) is 10.1. The molecule has 0 aliphatic carbocycles. The molecule has 0 aliphatic rings. The number of aromatic hydroxyl groups is 1. The van der Waals surface area contributed by atoms with Crippen molar-refractivity contribution < 1.29 is 9.90 Å². The maximum absolute atomic E-state index is 11.7. The zero-order valence-electron chi connectivity index (χ0n) is 11.0. The Morgan fingerprint density at radius 2 is 1.67 bits per heavy atom. The van der Waals surface area contributed by atoms with Gasteiger partial charge in [0.15, 0.2) is 0 Å². The van der Waals surface area contributed by atoms with Crippen LogP contribution in [-0.2, 0) is 0 Å². The topological polar surface area (TPSA) is 63.3 Å². The molecule has 0 atom stereocenters. The van der Waals surface area contributed by atoms with Crippen LogP contribution in [0.4, 0.5) is 0 Å². The zero-order valence-corrected chi connectivity index (χ0v) is 11.8. The van der Waals surface area contributed by atoms with Crippen molar-refractivity contribution in [1.29, 1.82) is 0 Å². The number of nitrogens with two attached hydrogens (primary N) is 1. The van der Waals surface area contributed by atoms with Crippen LogP contribution in [0.25, 0.3) is 21.9 Å². The van der Waals surface area contributed by atoms with Crippen LogP contribution in [0, 0.1) is 0 Å². The van der Waals surface area contributed by atoms with Crippen LogP contribution in [0.1, 0.15) is 10.4 Å². The second-order valence-electron chi connectivity index (χ2n) is 4.71. The van der Waals surface area contributed by atoms with Gasteiger partial charge in [-0.25, -0.2) is 0 Å². The Balaban J connectivity index is 2.43. The molecule has 21 heavy (non-hydrogen) atoms. The lowest BCUT2D eigenvalue weighted by Crippen LogP contribution is -2.12. The van der Waals surface area contributed by atoms with Crippen molar-refractivity contribution in [2.45, 2.75) is 0 Å². The minimum absolute atomic E-state index is 0.114. The van der Waals surface area contributed by atoms with E-state index < -0.39 is 5.91 Å². The number of carbonyl (C=O) groups is 1. The molecule has 3 rings (SSSR count). The first kappa shape index (κ1) is 13.5. The molecule has 0 aromatic heterocycles. The van der Waals surface area contributed by atoms with Crippen LogP contribution in [0.3, 0.4) is 0 Å². The molecule has 3 N–H and O–H groups in total. The SMILES string of the molecule is NC(=O)c1c(O)c(-c2ccccc2Cl)cc2ccccc12. The van der Waals surface area contributed by atoms with E-state index in [1.165, 1.54) is 0 Å². The van der Waals surface area contributed by atoms with E-state index in [4.69, 9.17) is 17.3 Å². The van der Waals surface area contributed by atoms with Gasteiger partial charge in [0, 0.05) is 16.1 Å². The van der Waals surface area contributed by atoms with Crippen LogP contribution >= 0.6 is 11.6 Å². The van der Waals surface area contributed by atoms with Crippen molar-refractivity contribution in [1.82, 2.24) is 0 Å². The van der Waals surface area contributed by atoms with Gasteiger partial charge in [-0.15, -0.1) is 0 Å². The summed E-state index contributed by atoms with van der Waals surface area (Å²) in [6, 6.07) is 16.2. The molecule has 0 radical (unpaired) electrons. The van der Waals surface area contributed by atoms with Gasteiger partial charge < -0.3 is 10.8 Å². The molecule has 104 valence electrons. The van der Waals surface area contributed by atoms with E-state index in [-0.39, 0.29) is 11.3 Å². The van der Waals surface area contributed by atoms with Gasteiger partial charge in [-0.3, -0.25) is 4.79 Å². The van der Waals surface area contributed by atoms with Crippen LogP contribution < -0.4 is 5.73 Å². The van der Waals surface area contributed by atoms with Gasteiger partial charge in [-0.2, -0.15) is 0 Å². The highest BCUT2D eigenvalue weighted by Crippen LogP contribution is 2.40. The van der Waals surface area contributed by atoms with Gasteiger partial charge in [-0.1, -0.05) is 54.1 Å². The number of halogens is 1. The van der Waals surface area contributed by atoms with Crippen molar-refractivity contribution in [3.05, 3.63) is 65.2 Å². The third-order valence-electron chi connectivity index (χ3n) is 3.43. The van der Waals surface area contributed by atoms with Gasteiger partial charge in [0.05, 0.1) is 5.56 Å². The highest BCUT2D eigenvalue weighted by Gasteiger charge is 2.18. The number of rotatable bonds is 2. The summed E-state index contributed by atoms with van der Waals surface area (Å²) in [4.78, 5) is 11.7. The number of carbonyl (C=O) groups excluding carboxylic acids is 1. The first-order valence-corrected chi connectivity index (χ1v) is 6.77. The Labute approximate surface area is 126 Å². The normalized spacial score (nSPS) is 10.7. The van der Waals surface area contributed by atoms with Gasteiger partial charge in [0.25, 0.3) is 5.91 Å². The molecule has 3 aromatic carbocycles. The van der Waals surface area contributed by atoms with Crippen molar-refractivity contribution in [2.75, 3.05) is 0 Å². The summed E-state index contributed by atoms with van der Waals surface area (Å²) < 4.78 is 0. The minimum atomic E-state index is -0.669. The number of amides is 1. The summed E-state index contributed by atoms with van der Waals surface area (Å²) in [6.45, 7) is 0. The van der Waals surface area contributed by atoms with Gasteiger partial charge in [-0.05, 0) is 22.9 Å². The molecule has 0 aliphatic heterocycles. The van der Waals surface area contributed by atoms with Crippen molar-refractivity contribution in [3.8, 4) is 16.9 Å². The van der Waals surface area contributed by atoms with E-state index in [0.717, 1.165) is 5.39 Å². The Morgan fingerprint density at radius 1 is 1.00 bits per heavy atom. The molecular weight excluding hydrogens is 286 g/mol. The molecular formula is C17H12ClNO2. The van der Waals surface area contributed by atoms with Crippen LogP contribution in [0.5, 0.6) is 5.75 Å². The predicted octanol–water partition coefficient (Wildman–Crippen LogP) is 3.96. The highest BCUT2D eigenvalue weighted by molar-refractivity contribution is 6.33. The molecule has 0 saturated carbocycles. The van der Waals surface area contributed by atoms with Crippen LogP contribution in [0.15, 0.2) is 54.6 Å². The Hall–Kier alpha value is -2.52. The molecule has 0 saturated heterocycles. The summed E-state index contributed by atoms with van der Waals surface area (Å²) in [6.07, 6.45) is 0. The average molecular weight is 298 g/mol. The summed E-state index contributed by atoms with van der Waals surface area (Å²) in [5.41, 5.74) is 6.70. The lowest BCUT2D eigenvalue weighted by Gasteiger charge is -2.13. The maximum atomic E-state index is 11.7. The smallest absolute Gasteiger partial charge is 0.253 e. The summed E-state index contributed by atoms with van der Waals surface area (Å²) in [5.74, 6) is -0.813. The van der Waals surface area contributed by atoms with Crippen LogP contribution in [0.2, 0.25) is 5.02 Å². The highest BCUT2D eigenvalue weighted by atomic mass is 35.5. The molecule has 0 bridgehead atoms. The number of fused-ring (bicyclic) bond motifs is 1. The lowest BCUT2D eigenvalue weighted by atomic mass is 9.95. The quantitative estimate of drug-likeness (QED) is 0.752. The van der Waals surface area contributed by atoms with Crippen LogP contribution in [-0.4, -0.2) is 11.0 Å². The van der Waals surface area contributed by atoms with E-state index in [1.807, 2.05) is 18.2 Å². The molecule has 0 unspecified atom stereocenters. The summed E-state index contributed by atoms with van der Waals surface area (Å²) in [5, 5.41) is 12.4. The molecule has 0 fully saturated rings. The third-order valence-corrected chi connectivity index (χ3v) is 3.76. The van der Waals surface area contributed by atoms with E-state index in [1.54, 1.807) is 36.4 Å². The fourth-order valence-electron chi connectivity index (χ4n) is 2.47. The van der Waals surface area contributed by atoms with E-state index in [9.17, 15) is 9.90 Å². The fourth-order valence-corrected chi connectivity index (χ4v) is 2.71. The first-order valence-electron chi connectivity index (χ1n) is 6.39. The Morgan fingerprint density at radius 3 is 2.38 bits per heavy atom. The van der Waals surface area contributed by atoms with Gasteiger partial charge >= 0.3 is 0 Å². The maximum Gasteiger partial charge on any atom is 0.253 e. The monoisotopic (exact) mass is 297 g/mol. The zero-order chi connectivity index (χ0) is 15.0. The average Bonchev–Trinajstić information content (AvgIpc) is 2.47. The van der Waals surface area contributed by atoms with E-state index in [0.29, 0.717) is 21.5 Å². The molecule has 0 spiro atoms. The lowest BCUT2D eigenvalue weighted by molar-refractivity contribution is 0.0999. The fraction of sp³-hybridized carbons (Fsp3) is 0. The van der Waals surface area contributed by atoms with Gasteiger partial charge in [0.1, 0.15) is 5.75 Å². The minimum Gasteiger partial charge on any atom is -0.506 e. The largest absolute Gasteiger partial charge is 0.506 e. The summed E-state index contributed by atoms with van der Waals surface area (Å²) in [7, 11) is 0. The second kappa shape index (κ2) is 5.11. The Bertz CT molecular complexity index is 859. The van der Waals surface area contributed by atoms with Crippen molar-refractivity contribution in [3.63, 3.8) is 0 Å². The molecule has 1 amide bonds. The molecule has 4 heteroatoms. The molecule has 3 aromatic rings. The number of hydrogen-bond acceptors (Lipinski definition) is 2. The molecule has 3 nitrogen and oxygen atoms in total. The third kappa shape index (κ3) is 2.22. The van der Waals surface area contributed by atoms with Crippen molar-refractivity contribution >= 4 is 28.3 Å². The molecule has 0 heterocycles. The number of primary amides is 1. The number of hydrogen-bond donors (Lipinski definition) is 2. The summed E-state index contributed by atoms with van der Waals surface area (Å²) >= 11 is 6.19.